The van der Waals surface area contributed by atoms with E-state index >= 15 is 0 Å². The minimum absolute atomic E-state index is 0.0549. The van der Waals surface area contributed by atoms with Crippen LogP contribution in [0.3, 0.4) is 0 Å². The Hall–Kier alpha value is -3.32. The first-order chi connectivity index (χ1) is 20.6. The van der Waals surface area contributed by atoms with Gasteiger partial charge in [-0.2, -0.15) is 0 Å². The number of aromatic nitrogens is 2. The van der Waals surface area contributed by atoms with Gasteiger partial charge >= 0.3 is 0 Å². The lowest BCUT2D eigenvalue weighted by Gasteiger charge is -2.29. The van der Waals surface area contributed by atoms with Gasteiger partial charge in [0.05, 0.1) is 28.2 Å². The van der Waals surface area contributed by atoms with E-state index in [2.05, 4.69) is 15.5 Å². The number of ether oxygens (including phenoxy) is 3. The number of hydrogen-bond acceptors (Lipinski definition) is 10. The largest absolute Gasteiger partial charge is 0.470 e. The van der Waals surface area contributed by atoms with Gasteiger partial charge in [-0.25, -0.2) is 4.98 Å². The van der Waals surface area contributed by atoms with Crippen LogP contribution >= 0.6 is 11.3 Å². The van der Waals surface area contributed by atoms with Crippen molar-refractivity contribution in [2.75, 3.05) is 26.4 Å². The molecular formula is C31H42N4O7S. The SMILES string of the molecule is CCOC(COc1cc([C@@H](C(=O)N2CC(O)CC2C(=O)N[C@@H](C)c2ccc(-c3scnc3C)cc2)C(C)C)on1)OCC. The molecule has 2 aromatic heterocycles. The lowest BCUT2D eigenvalue weighted by atomic mass is 9.91. The number of carbonyl (C=O) groups excluding carboxylic acids is 2. The minimum atomic E-state index is -0.817. The van der Waals surface area contributed by atoms with E-state index < -0.39 is 24.4 Å². The van der Waals surface area contributed by atoms with Crippen LogP contribution in [0, 0.1) is 12.8 Å². The first-order valence-corrected chi connectivity index (χ1v) is 15.6. The molecule has 0 saturated carbocycles. The molecule has 2 unspecified atom stereocenters. The summed E-state index contributed by atoms with van der Waals surface area (Å²) in [5, 5.41) is 17.5. The first-order valence-electron chi connectivity index (χ1n) is 14.7. The maximum atomic E-state index is 13.9. The maximum absolute atomic E-state index is 13.9. The van der Waals surface area contributed by atoms with E-state index in [4.69, 9.17) is 18.7 Å². The number of aliphatic hydroxyl groups excluding tert-OH is 1. The maximum Gasteiger partial charge on any atom is 0.254 e. The van der Waals surface area contributed by atoms with Crippen molar-refractivity contribution in [1.82, 2.24) is 20.4 Å². The predicted molar refractivity (Wildman–Crippen MR) is 162 cm³/mol. The molecule has 12 heteroatoms. The van der Waals surface area contributed by atoms with Crippen LogP contribution in [0.1, 0.15) is 70.0 Å². The molecule has 1 saturated heterocycles. The fraction of sp³-hybridized carbons (Fsp3) is 0.548. The summed E-state index contributed by atoms with van der Waals surface area (Å²) in [6.07, 6.45) is -1.21. The predicted octanol–water partition coefficient (Wildman–Crippen LogP) is 4.46. The van der Waals surface area contributed by atoms with Crippen molar-refractivity contribution >= 4 is 23.2 Å². The number of thiazole rings is 1. The van der Waals surface area contributed by atoms with Crippen LogP contribution in [0.5, 0.6) is 5.88 Å². The molecule has 3 heterocycles. The second-order valence-electron chi connectivity index (χ2n) is 11.0. The third kappa shape index (κ3) is 7.99. The lowest BCUT2D eigenvalue weighted by Crippen LogP contribution is -2.48. The third-order valence-corrected chi connectivity index (χ3v) is 8.44. The summed E-state index contributed by atoms with van der Waals surface area (Å²) >= 11 is 1.59. The molecule has 0 aliphatic carbocycles. The number of likely N-dealkylation sites (tertiary alicyclic amines) is 1. The first kappa shape index (κ1) is 32.6. The van der Waals surface area contributed by atoms with Crippen LogP contribution in [0.2, 0.25) is 0 Å². The van der Waals surface area contributed by atoms with Crippen molar-refractivity contribution in [3.05, 3.63) is 52.9 Å². The standard InChI is InChI=1S/C31H42N4O7S/c1-7-39-27(40-8-2)16-41-26-14-25(42-34-26)28(18(3)4)31(38)35-15-23(36)13-24(35)30(37)33-19(5)21-9-11-22(12-10-21)29-20(6)32-17-43-29/h9-12,14,17-19,23-24,27-28,36H,7-8,13,15-16H2,1-6H3,(H,33,37)/t19-,23?,24?,28-/m0/s1. The van der Waals surface area contributed by atoms with Gasteiger partial charge in [-0.05, 0) is 49.9 Å². The zero-order valence-electron chi connectivity index (χ0n) is 25.6. The Kier molecular flexibility index (Phi) is 11.3. The summed E-state index contributed by atoms with van der Waals surface area (Å²) in [5.74, 6) is -0.993. The summed E-state index contributed by atoms with van der Waals surface area (Å²) in [6.45, 7) is 12.5. The number of aliphatic hydroxyl groups is 1. The van der Waals surface area contributed by atoms with Gasteiger partial charge < -0.3 is 34.1 Å². The molecule has 0 bridgehead atoms. The van der Waals surface area contributed by atoms with Gasteiger partial charge in [-0.3, -0.25) is 9.59 Å². The van der Waals surface area contributed by atoms with Gasteiger partial charge in [0.15, 0.2) is 12.1 Å². The fourth-order valence-electron chi connectivity index (χ4n) is 5.27. The van der Waals surface area contributed by atoms with Crippen molar-refractivity contribution in [2.24, 2.45) is 5.92 Å². The quantitative estimate of drug-likeness (QED) is 0.252. The molecule has 234 valence electrons. The Morgan fingerprint density at radius 2 is 1.86 bits per heavy atom. The van der Waals surface area contributed by atoms with E-state index in [9.17, 15) is 14.7 Å². The Bertz CT molecular complexity index is 1340. The fourth-order valence-corrected chi connectivity index (χ4v) is 6.08. The summed E-state index contributed by atoms with van der Waals surface area (Å²) in [5.41, 5.74) is 4.81. The zero-order chi connectivity index (χ0) is 31.1. The molecule has 1 aromatic carbocycles. The Balaban J connectivity index is 1.43. The minimum Gasteiger partial charge on any atom is -0.470 e. The number of carbonyl (C=O) groups is 2. The van der Waals surface area contributed by atoms with E-state index in [1.807, 2.05) is 71.3 Å². The molecule has 4 atom stereocenters. The normalized spacial score (nSPS) is 18.3. The van der Waals surface area contributed by atoms with Crippen molar-refractivity contribution in [1.29, 1.82) is 0 Å². The number of nitrogens with zero attached hydrogens (tertiary/aromatic N) is 3. The molecule has 0 spiro atoms. The van der Waals surface area contributed by atoms with Crippen molar-refractivity contribution < 1.29 is 33.4 Å². The summed E-state index contributed by atoms with van der Waals surface area (Å²) < 4.78 is 22.2. The molecule has 0 radical (unpaired) electrons. The Morgan fingerprint density at radius 3 is 2.47 bits per heavy atom. The smallest absolute Gasteiger partial charge is 0.254 e. The number of amides is 2. The number of nitrogens with one attached hydrogen (secondary N) is 1. The van der Waals surface area contributed by atoms with E-state index in [-0.39, 0.29) is 49.2 Å². The number of benzene rings is 1. The number of β-amino-alcohol motifs (C(OH)–C–C–N with tert-alkyl or cyclic N) is 1. The zero-order valence-corrected chi connectivity index (χ0v) is 26.4. The third-order valence-electron chi connectivity index (χ3n) is 7.46. The van der Waals surface area contributed by atoms with Crippen LogP contribution in [0.15, 0.2) is 40.4 Å². The van der Waals surface area contributed by atoms with Gasteiger partial charge in [0.1, 0.15) is 18.6 Å². The van der Waals surface area contributed by atoms with E-state index in [0.717, 1.165) is 21.7 Å². The molecule has 3 aromatic rings. The molecule has 4 rings (SSSR count). The highest BCUT2D eigenvalue weighted by Crippen LogP contribution is 2.33. The molecule has 1 aliphatic heterocycles. The monoisotopic (exact) mass is 614 g/mol. The van der Waals surface area contributed by atoms with E-state index in [0.29, 0.717) is 19.0 Å². The molecule has 11 nitrogen and oxygen atoms in total. The van der Waals surface area contributed by atoms with Gasteiger partial charge in [0.25, 0.3) is 5.88 Å². The van der Waals surface area contributed by atoms with E-state index in [1.54, 1.807) is 17.4 Å². The average molecular weight is 615 g/mol. The highest BCUT2D eigenvalue weighted by Gasteiger charge is 2.43. The van der Waals surface area contributed by atoms with Crippen LogP contribution in [0.25, 0.3) is 10.4 Å². The average Bonchev–Trinajstić information content (AvgIpc) is 3.72. The van der Waals surface area contributed by atoms with Crippen molar-refractivity contribution in [3.8, 4) is 16.3 Å². The highest BCUT2D eigenvalue weighted by molar-refractivity contribution is 7.13. The van der Waals surface area contributed by atoms with Gasteiger partial charge in [0, 0.05) is 32.2 Å². The molecule has 2 N–H and O–H groups in total. The van der Waals surface area contributed by atoms with Gasteiger partial charge in [-0.1, -0.05) is 38.1 Å². The van der Waals surface area contributed by atoms with Gasteiger partial charge in [-0.15, -0.1) is 11.3 Å². The second kappa shape index (κ2) is 14.9. The Morgan fingerprint density at radius 1 is 1.16 bits per heavy atom. The van der Waals surface area contributed by atoms with Crippen molar-refractivity contribution in [2.45, 2.75) is 78.4 Å². The van der Waals surface area contributed by atoms with Gasteiger partial charge in [0.2, 0.25) is 11.8 Å². The number of rotatable bonds is 14. The lowest BCUT2D eigenvalue weighted by molar-refractivity contribution is -0.153. The van der Waals surface area contributed by atoms with E-state index in [1.165, 1.54) is 4.90 Å². The molecular weight excluding hydrogens is 572 g/mol. The van der Waals surface area contributed by atoms with Crippen molar-refractivity contribution in [3.63, 3.8) is 0 Å². The number of hydrogen-bond donors (Lipinski definition) is 2. The highest BCUT2D eigenvalue weighted by atomic mass is 32.1. The topological polar surface area (TPSA) is 136 Å². The van der Waals surface area contributed by atoms with Crippen LogP contribution < -0.4 is 10.1 Å². The molecule has 1 aliphatic rings. The summed E-state index contributed by atoms with van der Waals surface area (Å²) in [6, 6.07) is 8.46. The number of aryl methyl sites for hydroxylation is 1. The van der Waals surface area contributed by atoms with Crippen LogP contribution in [-0.2, 0) is 19.1 Å². The summed E-state index contributed by atoms with van der Waals surface area (Å²) in [4.78, 5) is 34.2. The summed E-state index contributed by atoms with van der Waals surface area (Å²) in [7, 11) is 0. The molecule has 2 amide bonds. The second-order valence-corrected chi connectivity index (χ2v) is 11.8. The molecule has 1 fully saturated rings. The van der Waals surface area contributed by atoms with Crippen LogP contribution in [0.4, 0.5) is 0 Å². The van der Waals surface area contributed by atoms with Crippen LogP contribution in [-0.4, -0.2) is 76.8 Å². The Labute approximate surface area is 256 Å². The molecule has 43 heavy (non-hydrogen) atoms.